The first kappa shape index (κ1) is 21.1. The van der Waals surface area contributed by atoms with Crippen molar-refractivity contribution in [2.75, 3.05) is 4.90 Å². The fraction of sp³-hybridized carbons (Fsp3) is 0.421. The second-order valence-electron chi connectivity index (χ2n) is 7.41. The number of carbonyl (C=O) groups is 5. The summed E-state index contributed by atoms with van der Waals surface area (Å²) in [4.78, 5) is 60.7. The molecule has 2 rings (SSSR count). The molecule has 0 radical (unpaired) electrons. The zero-order valence-electron chi connectivity index (χ0n) is 16.2. The largest absolute Gasteiger partial charge is 0.449 e. The summed E-state index contributed by atoms with van der Waals surface area (Å²) in [7, 11) is 0. The van der Waals surface area contributed by atoms with E-state index >= 15 is 0 Å². The number of ether oxygens (including phenoxy) is 1. The SMILES string of the molecule is C[C@H](OC(=O)c1cccc(N2C(=O)CCC2=O)c1)C(=O)NC(=O)NC(C)(C)C. The van der Waals surface area contributed by atoms with Crippen molar-refractivity contribution in [2.24, 2.45) is 0 Å². The fourth-order valence-electron chi connectivity index (χ4n) is 2.50. The topological polar surface area (TPSA) is 122 Å². The number of hydrogen-bond acceptors (Lipinski definition) is 6. The normalized spacial score (nSPS) is 15.2. The summed E-state index contributed by atoms with van der Waals surface area (Å²) in [6.45, 7) is 6.59. The van der Waals surface area contributed by atoms with E-state index in [1.165, 1.54) is 31.2 Å². The van der Waals surface area contributed by atoms with E-state index in [-0.39, 0.29) is 35.9 Å². The summed E-state index contributed by atoms with van der Waals surface area (Å²) in [6.07, 6.45) is -0.972. The van der Waals surface area contributed by atoms with Gasteiger partial charge in [0.2, 0.25) is 11.8 Å². The number of urea groups is 1. The average Bonchev–Trinajstić information content (AvgIpc) is 2.91. The van der Waals surface area contributed by atoms with Crippen LogP contribution in [-0.2, 0) is 19.1 Å². The summed E-state index contributed by atoms with van der Waals surface area (Å²) in [6, 6.07) is 5.12. The number of hydrogen-bond donors (Lipinski definition) is 2. The summed E-state index contributed by atoms with van der Waals surface area (Å²) < 4.78 is 5.08. The Morgan fingerprint density at radius 2 is 1.71 bits per heavy atom. The predicted molar refractivity (Wildman–Crippen MR) is 99.5 cm³/mol. The van der Waals surface area contributed by atoms with Crippen LogP contribution >= 0.6 is 0 Å². The highest BCUT2D eigenvalue weighted by atomic mass is 16.5. The minimum Gasteiger partial charge on any atom is -0.449 e. The zero-order valence-corrected chi connectivity index (χ0v) is 16.2. The van der Waals surface area contributed by atoms with Gasteiger partial charge in [0.05, 0.1) is 11.3 Å². The fourth-order valence-corrected chi connectivity index (χ4v) is 2.50. The highest BCUT2D eigenvalue weighted by Gasteiger charge is 2.31. The molecule has 1 aliphatic rings. The summed E-state index contributed by atoms with van der Waals surface area (Å²) in [5.74, 6) is -2.28. The average molecular weight is 389 g/mol. The van der Waals surface area contributed by atoms with E-state index in [4.69, 9.17) is 4.74 Å². The molecule has 1 aliphatic heterocycles. The lowest BCUT2D eigenvalue weighted by Gasteiger charge is -2.21. The monoisotopic (exact) mass is 389 g/mol. The van der Waals surface area contributed by atoms with E-state index in [1.807, 2.05) is 0 Å². The lowest BCUT2D eigenvalue weighted by Crippen LogP contribution is -2.50. The van der Waals surface area contributed by atoms with E-state index in [9.17, 15) is 24.0 Å². The van der Waals surface area contributed by atoms with Gasteiger partial charge >= 0.3 is 12.0 Å². The molecule has 1 fully saturated rings. The number of nitrogens with one attached hydrogen (secondary N) is 2. The molecule has 0 aromatic heterocycles. The Bertz CT molecular complexity index is 811. The molecule has 5 amide bonds. The van der Waals surface area contributed by atoms with E-state index in [1.54, 1.807) is 20.8 Å². The third kappa shape index (κ3) is 5.38. The molecule has 9 nitrogen and oxygen atoms in total. The van der Waals surface area contributed by atoms with Crippen LogP contribution in [0.25, 0.3) is 0 Å². The number of carbonyl (C=O) groups excluding carboxylic acids is 5. The molecule has 1 saturated heterocycles. The minimum atomic E-state index is -1.23. The number of amides is 5. The van der Waals surface area contributed by atoms with Crippen molar-refractivity contribution in [3.63, 3.8) is 0 Å². The van der Waals surface area contributed by atoms with Crippen LogP contribution in [0.4, 0.5) is 10.5 Å². The van der Waals surface area contributed by atoms with Gasteiger partial charge in [-0.3, -0.25) is 24.6 Å². The molecule has 2 N–H and O–H groups in total. The maximum absolute atomic E-state index is 12.3. The molecule has 1 atom stereocenters. The van der Waals surface area contributed by atoms with Crippen molar-refractivity contribution in [3.05, 3.63) is 29.8 Å². The molecule has 9 heteroatoms. The van der Waals surface area contributed by atoms with Crippen molar-refractivity contribution in [2.45, 2.75) is 52.2 Å². The van der Waals surface area contributed by atoms with Crippen LogP contribution in [0.2, 0.25) is 0 Å². The van der Waals surface area contributed by atoms with E-state index < -0.39 is 29.6 Å². The van der Waals surface area contributed by atoms with Crippen LogP contribution in [0.5, 0.6) is 0 Å². The van der Waals surface area contributed by atoms with Crippen molar-refractivity contribution in [1.82, 2.24) is 10.6 Å². The van der Waals surface area contributed by atoms with Crippen molar-refractivity contribution in [1.29, 1.82) is 0 Å². The third-order valence-electron chi connectivity index (χ3n) is 3.77. The van der Waals surface area contributed by atoms with Crippen LogP contribution in [-0.4, -0.2) is 41.4 Å². The van der Waals surface area contributed by atoms with Crippen molar-refractivity contribution in [3.8, 4) is 0 Å². The number of nitrogens with zero attached hydrogens (tertiary/aromatic N) is 1. The van der Waals surface area contributed by atoms with Gasteiger partial charge in [-0.05, 0) is 45.9 Å². The Morgan fingerprint density at radius 1 is 1.11 bits per heavy atom. The minimum absolute atomic E-state index is 0.0730. The molecule has 1 heterocycles. The number of benzene rings is 1. The molecule has 0 saturated carbocycles. The Kier molecular flexibility index (Phi) is 6.17. The molecule has 1 aromatic rings. The summed E-state index contributed by atoms with van der Waals surface area (Å²) in [5, 5.41) is 4.65. The highest BCUT2D eigenvalue weighted by molar-refractivity contribution is 6.20. The summed E-state index contributed by atoms with van der Waals surface area (Å²) in [5.41, 5.74) is -0.192. The Labute approximate surface area is 162 Å². The van der Waals surface area contributed by atoms with Gasteiger partial charge in [0.1, 0.15) is 0 Å². The van der Waals surface area contributed by atoms with Gasteiger partial charge in [0, 0.05) is 18.4 Å². The zero-order chi connectivity index (χ0) is 21.1. The lowest BCUT2D eigenvalue weighted by molar-refractivity contribution is -0.128. The molecule has 0 aliphatic carbocycles. The van der Waals surface area contributed by atoms with E-state index in [0.29, 0.717) is 0 Å². The van der Waals surface area contributed by atoms with Crippen LogP contribution in [0.15, 0.2) is 24.3 Å². The Hall–Kier alpha value is -3.23. The molecular formula is C19H23N3O6. The van der Waals surface area contributed by atoms with Crippen LogP contribution in [0.3, 0.4) is 0 Å². The Morgan fingerprint density at radius 3 is 2.29 bits per heavy atom. The second-order valence-corrected chi connectivity index (χ2v) is 7.41. The first-order valence-electron chi connectivity index (χ1n) is 8.78. The predicted octanol–water partition coefficient (Wildman–Crippen LogP) is 1.51. The summed E-state index contributed by atoms with van der Waals surface area (Å²) >= 11 is 0. The molecule has 0 unspecified atom stereocenters. The van der Waals surface area contributed by atoms with Gasteiger partial charge in [0.25, 0.3) is 5.91 Å². The molecule has 0 bridgehead atoms. The van der Waals surface area contributed by atoms with Gasteiger partial charge in [0.15, 0.2) is 6.10 Å². The maximum Gasteiger partial charge on any atom is 0.338 e. The van der Waals surface area contributed by atoms with Crippen molar-refractivity contribution < 1.29 is 28.7 Å². The lowest BCUT2D eigenvalue weighted by atomic mass is 10.1. The van der Waals surface area contributed by atoms with Gasteiger partial charge in [-0.2, -0.15) is 0 Å². The van der Waals surface area contributed by atoms with Crippen LogP contribution < -0.4 is 15.5 Å². The molecule has 150 valence electrons. The number of anilines is 1. The molecule has 28 heavy (non-hydrogen) atoms. The molecule has 0 spiro atoms. The number of rotatable bonds is 4. The van der Waals surface area contributed by atoms with E-state index in [2.05, 4.69) is 10.6 Å². The Balaban J connectivity index is 2.01. The quantitative estimate of drug-likeness (QED) is 0.595. The number of imide groups is 2. The first-order chi connectivity index (χ1) is 13.0. The smallest absolute Gasteiger partial charge is 0.338 e. The molecule has 1 aromatic carbocycles. The van der Waals surface area contributed by atoms with Crippen LogP contribution in [0, 0.1) is 0 Å². The van der Waals surface area contributed by atoms with Gasteiger partial charge in [-0.1, -0.05) is 6.07 Å². The third-order valence-corrected chi connectivity index (χ3v) is 3.77. The van der Waals surface area contributed by atoms with Gasteiger partial charge in [-0.15, -0.1) is 0 Å². The van der Waals surface area contributed by atoms with Crippen LogP contribution in [0.1, 0.15) is 50.9 Å². The van der Waals surface area contributed by atoms with Gasteiger partial charge in [-0.25, -0.2) is 9.59 Å². The maximum atomic E-state index is 12.3. The highest BCUT2D eigenvalue weighted by Crippen LogP contribution is 2.23. The standard InChI is InChI=1S/C19H23N3O6/c1-11(16(25)20-18(27)21-19(2,3)4)28-17(26)12-6-5-7-13(10-12)22-14(23)8-9-15(22)24/h5-7,10-11H,8-9H2,1-4H3,(H2,20,21,25,27)/t11-/m0/s1. The number of esters is 1. The van der Waals surface area contributed by atoms with Crippen molar-refractivity contribution >= 4 is 35.4 Å². The second kappa shape index (κ2) is 8.20. The molecular weight excluding hydrogens is 366 g/mol. The van der Waals surface area contributed by atoms with E-state index in [0.717, 1.165) is 4.90 Å². The first-order valence-corrected chi connectivity index (χ1v) is 8.78. The van der Waals surface area contributed by atoms with Gasteiger partial charge < -0.3 is 10.1 Å².